The molecule has 0 aliphatic carbocycles. The maximum absolute atomic E-state index is 13.6. The average molecular weight is 546 g/mol. The van der Waals surface area contributed by atoms with Crippen molar-refractivity contribution in [3.05, 3.63) is 78.0 Å². The molecular formula is C27H29F2N3O5S. The van der Waals surface area contributed by atoms with Gasteiger partial charge in [0.05, 0.1) is 24.1 Å². The minimum Gasteiger partial charge on any atom is -0.472 e. The van der Waals surface area contributed by atoms with E-state index in [2.05, 4.69) is 4.98 Å². The Hall–Kier alpha value is -3.41. The number of ether oxygens (including phenoxy) is 1. The van der Waals surface area contributed by atoms with Crippen molar-refractivity contribution in [2.45, 2.75) is 30.9 Å². The van der Waals surface area contributed by atoms with Crippen LogP contribution in [0, 0.1) is 17.6 Å². The zero-order valence-corrected chi connectivity index (χ0v) is 22.0. The number of benzene rings is 2. The third-order valence-electron chi connectivity index (χ3n) is 6.66. The van der Waals surface area contributed by atoms with Crippen LogP contribution in [0.3, 0.4) is 0 Å². The molecule has 4 rings (SSSR count). The van der Waals surface area contributed by atoms with Gasteiger partial charge in [-0.15, -0.1) is 0 Å². The van der Waals surface area contributed by atoms with Crippen LogP contribution in [0.25, 0.3) is 11.1 Å². The van der Waals surface area contributed by atoms with Gasteiger partial charge in [-0.1, -0.05) is 19.1 Å². The molecule has 2 heterocycles. The number of likely N-dealkylation sites (N-methyl/N-ethyl adjacent to an activating group) is 1. The molecule has 38 heavy (non-hydrogen) atoms. The molecule has 0 bridgehead atoms. The summed E-state index contributed by atoms with van der Waals surface area (Å²) in [5.41, 5.74) is 1.36. The highest BCUT2D eigenvalue weighted by Crippen LogP contribution is 2.31. The molecule has 0 saturated heterocycles. The summed E-state index contributed by atoms with van der Waals surface area (Å²) >= 11 is 0. The molecule has 8 nitrogen and oxygen atoms in total. The van der Waals surface area contributed by atoms with Gasteiger partial charge in [-0.3, -0.25) is 4.79 Å². The fourth-order valence-electron chi connectivity index (χ4n) is 4.26. The molecule has 202 valence electrons. The maximum atomic E-state index is 13.6. The molecule has 11 heteroatoms. The number of fused-ring (bicyclic) bond motifs is 1. The van der Waals surface area contributed by atoms with Gasteiger partial charge in [0.1, 0.15) is 23.3 Å². The summed E-state index contributed by atoms with van der Waals surface area (Å²) in [6.45, 7) is 3.38. The zero-order valence-electron chi connectivity index (χ0n) is 21.2. The van der Waals surface area contributed by atoms with Crippen LogP contribution in [0.15, 0.2) is 65.7 Å². The molecule has 1 amide bonds. The van der Waals surface area contributed by atoms with Gasteiger partial charge >= 0.3 is 0 Å². The molecule has 0 unspecified atom stereocenters. The molecule has 2 aromatic carbocycles. The van der Waals surface area contributed by atoms with Crippen molar-refractivity contribution in [2.75, 3.05) is 26.7 Å². The minimum atomic E-state index is -3.95. The number of nitrogens with zero attached hydrogens (tertiary/aromatic N) is 3. The normalized spacial score (nSPS) is 18.9. The number of amides is 1. The number of carbonyl (C=O) groups is 1. The molecular weight excluding hydrogens is 516 g/mol. The number of aliphatic hydroxyl groups is 1. The number of aromatic nitrogens is 1. The predicted octanol–water partition coefficient (Wildman–Crippen LogP) is 3.57. The quantitative estimate of drug-likeness (QED) is 0.487. The molecule has 1 aliphatic rings. The number of rotatable bonds is 7. The lowest BCUT2D eigenvalue weighted by molar-refractivity contribution is 0.0373. The summed E-state index contributed by atoms with van der Waals surface area (Å²) in [7, 11) is -2.55. The second-order valence-electron chi connectivity index (χ2n) is 9.45. The highest BCUT2D eigenvalue weighted by molar-refractivity contribution is 7.89. The Morgan fingerprint density at radius 3 is 2.32 bits per heavy atom. The van der Waals surface area contributed by atoms with Gasteiger partial charge in [-0.05, 0) is 55.0 Å². The first-order valence-corrected chi connectivity index (χ1v) is 13.5. The third-order valence-corrected chi connectivity index (χ3v) is 8.50. The molecule has 1 aromatic heterocycles. The van der Waals surface area contributed by atoms with Crippen molar-refractivity contribution >= 4 is 15.9 Å². The van der Waals surface area contributed by atoms with Crippen molar-refractivity contribution in [3.8, 4) is 17.0 Å². The molecule has 0 spiro atoms. The summed E-state index contributed by atoms with van der Waals surface area (Å²) in [5.74, 6) is -1.65. The fourth-order valence-corrected chi connectivity index (χ4v) is 5.44. The van der Waals surface area contributed by atoms with E-state index in [-0.39, 0.29) is 42.0 Å². The van der Waals surface area contributed by atoms with Crippen molar-refractivity contribution in [2.24, 2.45) is 5.92 Å². The summed E-state index contributed by atoms with van der Waals surface area (Å²) in [4.78, 5) is 19.4. The minimum absolute atomic E-state index is 0.0279. The number of hydrogen-bond donors (Lipinski definition) is 1. The number of sulfonamides is 1. The van der Waals surface area contributed by atoms with Gasteiger partial charge in [0.25, 0.3) is 5.91 Å². The molecule has 3 aromatic rings. The van der Waals surface area contributed by atoms with E-state index in [9.17, 15) is 27.1 Å². The number of aliphatic hydroxyl groups excluding tert-OH is 1. The number of halogens is 2. The smallest absolute Gasteiger partial charge is 0.259 e. The maximum Gasteiger partial charge on any atom is 0.259 e. The Labute approximate surface area is 220 Å². The van der Waals surface area contributed by atoms with Crippen molar-refractivity contribution in [1.82, 2.24) is 14.2 Å². The van der Waals surface area contributed by atoms with Crippen LogP contribution in [-0.4, -0.2) is 72.5 Å². The van der Waals surface area contributed by atoms with Crippen LogP contribution in [0.1, 0.15) is 24.2 Å². The second kappa shape index (κ2) is 11.1. The van der Waals surface area contributed by atoms with E-state index in [4.69, 9.17) is 4.74 Å². The first kappa shape index (κ1) is 27.6. The van der Waals surface area contributed by atoms with Crippen LogP contribution < -0.4 is 4.74 Å². The van der Waals surface area contributed by atoms with Gasteiger partial charge in [-0.2, -0.15) is 4.31 Å². The summed E-state index contributed by atoms with van der Waals surface area (Å²) in [6.07, 6.45) is 0.793. The van der Waals surface area contributed by atoms with E-state index in [1.807, 2.05) is 6.92 Å². The fraction of sp³-hybridized carbons (Fsp3) is 0.333. The third kappa shape index (κ3) is 5.69. The van der Waals surface area contributed by atoms with Crippen LogP contribution in [0.4, 0.5) is 8.78 Å². The Balaban J connectivity index is 1.70. The summed E-state index contributed by atoms with van der Waals surface area (Å²) in [6, 6.07) is 11.4. The lowest BCUT2D eigenvalue weighted by Crippen LogP contribution is -2.50. The molecule has 1 aliphatic heterocycles. The monoisotopic (exact) mass is 545 g/mol. The number of pyridine rings is 1. The van der Waals surface area contributed by atoms with Crippen molar-refractivity contribution < 1.29 is 31.8 Å². The first-order valence-electron chi connectivity index (χ1n) is 12.1. The van der Waals surface area contributed by atoms with E-state index in [0.29, 0.717) is 11.1 Å². The van der Waals surface area contributed by atoms with E-state index >= 15 is 0 Å². The van der Waals surface area contributed by atoms with E-state index < -0.39 is 39.7 Å². The SMILES string of the molecule is C[C@H](CO)N1C[C@H](C)[C@H](CN(C)S(=O)(=O)c2ccc(F)cc2)Oc2ncc(-c3ccc(F)cc3)cc2C1=O. The Morgan fingerprint density at radius 1 is 1.11 bits per heavy atom. The topological polar surface area (TPSA) is 100 Å². The van der Waals surface area contributed by atoms with Crippen LogP contribution in [0.5, 0.6) is 5.88 Å². The highest BCUT2D eigenvalue weighted by Gasteiger charge is 2.36. The van der Waals surface area contributed by atoms with E-state index in [1.165, 1.54) is 42.4 Å². The Kier molecular flexibility index (Phi) is 8.10. The Bertz CT molecular complexity index is 1400. The van der Waals surface area contributed by atoms with E-state index in [1.54, 1.807) is 25.1 Å². The summed E-state index contributed by atoms with van der Waals surface area (Å²) < 4.78 is 60.3. The van der Waals surface area contributed by atoms with Gasteiger partial charge in [0.2, 0.25) is 15.9 Å². The largest absolute Gasteiger partial charge is 0.472 e. The van der Waals surface area contributed by atoms with Crippen molar-refractivity contribution in [3.63, 3.8) is 0 Å². The van der Waals surface area contributed by atoms with Crippen LogP contribution in [0.2, 0.25) is 0 Å². The zero-order chi connectivity index (χ0) is 27.6. The first-order chi connectivity index (χ1) is 18.0. The molecule has 0 saturated carbocycles. The average Bonchev–Trinajstić information content (AvgIpc) is 2.90. The number of carbonyl (C=O) groups excluding carboxylic acids is 1. The molecule has 0 fully saturated rings. The van der Waals surface area contributed by atoms with Gasteiger partial charge in [0.15, 0.2) is 0 Å². The second-order valence-corrected chi connectivity index (χ2v) is 11.5. The van der Waals surface area contributed by atoms with Gasteiger partial charge in [0, 0.05) is 31.3 Å². The Morgan fingerprint density at radius 2 is 1.71 bits per heavy atom. The summed E-state index contributed by atoms with van der Waals surface area (Å²) in [5, 5.41) is 9.83. The lowest BCUT2D eigenvalue weighted by Gasteiger charge is -2.37. The van der Waals surface area contributed by atoms with Crippen molar-refractivity contribution in [1.29, 1.82) is 0 Å². The molecule has 1 N–H and O–H groups in total. The number of hydrogen-bond acceptors (Lipinski definition) is 6. The lowest BCUT2D eigenvalue weighted by atomic mass is 9.99. The standard InChI is InChI=1S/C27H29F2N3O5S/c1-17-14-32(18(2)16-33)27(34)24-12-20(19-4-6-21(28)7-5-19)13-30-26(24)37-25(17)15-31(3)38(35,36)23-10-8-22(29)9-11-23/h4-13,17-18,25,33H,14-16H2,1-3H3/t17-,18+,25-/m0/s1. The predicted molar refractivity (Wildman–Crippen MR) is 137 cm³/mol. The molecule has 3 atom stereocenters. The van der Waals surface area contributed by atoms with E-state index in [0.717, 1.165) is 16.4 Å². The van der Waals surface area contributed by atoms with Gasteiger partial charge < -0.3 is 14.7 Å². The van der Waals surface area contributed by atoms with Crippen LogP contribution >= 0.6 is 0 Å². The van der Waals surface area contributed by atoms with Crippen LogP contribution in [-0.2, 0) is 10.0 Å². The highest BCUT2D eigenvalue weighted by atomic mass is 32.2. The van der Waals surface area contributed by atoms with Gasteiger partial charge in [-0.25, -0.2) is 22.2 Å². The molecule has 0 radical (unpaired) electrons.